The Bertz CT molecular complexity index is 457. The molecule has 1 fully saturated rings. The summed E-state index contributed by atoms with van der Waals surface area (Å²) in [7, 11) is 2.15. The van der Waals surface area contributed by atoms with E-state index in [9.17, 15) is 5.11 Å². The normalized spacial score (nSPS) is 32.5. The molecule has 0 aliphatic carbocycles. The average Bonchev–Trinajstić information content (AvgIpc) is 2.31. The molecule has 1 heterocycles. The van der Waals surface area contributed by atoms with Crippen LogP contribution < -0.4 is 0 Å². The van der Waals surface area contributed by atoms with E-state index in [0.717, 1.165) is 19.4 Å². The molecule has 2 heteroatoms. The van der Waals surface area contributed by atoms with Crippen molar-refractivity contribution in [1.82, 2.24) is 4.90 Å². The molecule has 3 atom stereocenters. The van der Waals surface area contributed by atoms with E-state index in [1.807, 2.05) is 0 Å². The lowest BCUT2D eigenvalue weighted by Gasteiger charge is -2.46. The van der Waals surface area contributed by atoms with Crippen molar-refractivity contribution in [3.63, 3.8) is 0 Å². The van der Waals surface area contributed by atoms with E-state index in [0.29, 0.717) is 12.0 Å². The largest absolute Gasteiger partial charge is 0.389 e. The third kappa shape index (κ3) is 3.01. The molecule has 0 bridgehead atoms. The maximum absolute atomic E-state index is 11.0. The molecule has 1 aliphatic rings. The van der Waals surface area contributed by atoms with E-state index in [1.54, 1.807) is 0 Å². The van der Waals surface area contributed by atoms with Crippen LogP contribution in [0.3, 0.4) is 0 Å². The van der Waals surface area contributed by atoms with Gasteiger partial charge in [-0.05, 0) is 51.3 Å². The summed E-state index contributed by atoms with van der Waals surface area (Å²) in [4.78, 5) is 2.35. The van der Waals surface area contributed by atoms with Gasteiger partial charge < -0.3 is 10.0 Å². The Morgan fingerprint density at radius 3 is 2.63 bits per heavy atom. The number of aryl methyl sites for hydroxylation is 2. The number of nitrogens with zero attached hydrogens (tertiary/aromatic N) is 1. The van der Waals surface area contributed by atoms with Gasteiger partial charge in [0.2, 0.25) is 0 Å². The molecule has 0 radical (unpaired) electrons. The van der Waals surface area contributed by atoms with Gasteiger partial charge in [0.05, 0.1) is 5.60 Å². The highest BCUT2D eigenvalue weighted by Gasteiger charge is 2.41. The molecule has 1 aromatic rings. The second kappa shape index (κ2) is 5.26. The van der Waals surface area contributed by atoms with Gasteiger partial charge in [0.25, 0.3) is 0 Å². The molecule has 1 aromatic carbocycles. The zero-order valence-electron chi connectivity index (χ0n) is 12.9. The highest BCUT2D eigenvalue weighted by atomic mass is 16.3. The maximum Gasteiger partial charge on any atom is 0.0740 e. The molecule has 0 aromatic heterocycles. The van der Waals surface area contributed by atoms with E-state index < -0.39 is 5.60 Å². The summed E-state index contributed by atoms with van der Waals surface area (Å²) in [5, 5.41) is 11.0. The fourth-order valence-electron chi connectivity index (χ4n) is 3.27. The first kappa shape index (κ1) is 14.5. The van der Waals surface area contributed by atoms with Crippen molar-refractivity contribution >= 4 is 0 Å². The molecule has 106 valence electrons. The molecule has 1 aliphatic heterocycles. The van der Waals surface area contributed by atoms with Crippen LogP contribution in [-0.2, 0) is 6.42 Å². The van der Waals surface area contributed by atoms with E-state index in [-0.39, 0.29) is 0 Å². The second-order valence-corrected chi connectivity index (χ2v) is 6.60. The number of hydrogen-bond donors (Lipinski definition) is 1. The molecule has 2 nitrogen and oxygen atoms in total. The van der Waals surface area contributed by atoms with Crippen LogP contribution >= 0.6 is 0 Å². The number of rotatable bonds is 2. The summed E-state index contributed by atoms with van der Waals surface area (Å²) in [6.07, 6.45) is 1.64. The number of likely N-dealkylation sites (tertiary alicyclic amines) is 1. The zero-order chi connectivity index (χ0) is 14.2. The lowest BCUT2D eigenvalue weighted by molar-refractivity contribution is -0.0778. The second-order valence-electron chi connectivity index (χ2n) is 6.60. The van der Waals surface area contributed by atoms with Gasteiger partial charge in [-0.1, -0.05) is 30.7 Å². The fraction of sp³-hybridized carbons (Fsp3) is 0.647. The molecule has 0 saturated carbocycles. The van der Waals surface area contributed by atoms with Gasteiger partial charge in [0.15, 0.2) is 0 Å². The number of piperidine rings is 1. The van der Waals surface area contributed by atoms with Gasteiger partial charge in [-0.3, -0.25) is 0 Å². The van der Waals surface area contributed by atoms with Crippen molar-refractivity contribution < 1.29 is 5.11 Å². The van der Waals surface area contributed by atoms with Crippen molar-refractivity contribution in [2.75, 3.05) is 13.6 Å². The molecule has 0 amide bonds. The number of aliphatic hydroxyl groups is 1. The van der Waals surface area contributed by atoms with Crippen LogP contribution in [0, 0.1) is 19.8 Å². The number of hydrogen-bond acceptors (Lipinski definition) is 2. The minimum Gasteiger partial charge on any atom is -0.389 e. The summed E-state index contributed by atoms with van der Waals surface area (Å²) in [5.41, 5.74) is 3.31. The molecular formula is C17H27NO. The van der Waals surface area contributed by atoms with Crippen molar-refractivity contribution in [3.05, 3.63) is 34.9 Å². The Labute approximate surface area is 117 Å². The monoisotopic (exact) mass is 261 g/mol. The van der Waals surface area contributed by atoms with Gasteiger partial charge in [-0.15, -0.1) is 0 Å². The Kier molecular flexibility index (Phi) is 4.03. The lowest BCUT2D eigenvalue weighted by atomic mass is 9.75. The van der Waals surface area contributed by atoms with Crippen LogP contribution in [0.4, 0.5) is 0 Å². The van der Waals surface area contributed by atoms with Crippen LogP contribution in [0.5, 0.6) is 0 Å². The van der Waals surface area contributed by atoms with Crippen LogP contribution in [0.25, 0.3) is 0 Å². The number of benzene rings is 1. The summed E-state index contributed by atoms with van der Waals surface area (Å²) < 4.78 is 0. The van der Waals surface area contributed by atoms with E-state index in [1.165, 1.54) is 16.7 Å². The standard InChI is InChI=1S/C17H27NO/c1-12-6-7-16(13(2)8-12)10-17(19)9-15(4)18(5)11-14(17)3/h6-8,14-15,19H,9-11H2,1-5H3/t14-,15+,17+/m0/s1. The highest BCUT2D eigenvalue weighted by Crippen LogP contribution is 2.34. The Morgan fingerprint density at radius 2 is 2.00 bits per heavy atom. The van der Waals surface area contributed by atoms with Crippen LogP contribution in [0.2, 0.25) is 0 Å². The van der Waals surface area contributed by atoms with Gasteiger partial charge in [-0.25, -0.2) is 0 Å². The minimum absolute atomic E-state index is 0.314. The van der Waals surface area contributed by atoms with Crippen molar-refractivity contribution in [3.8, 4) is 0 Å². The van der Waals surface area contributed by atoms with Gasteiger partial charge in [-0.2, -0.15) is 0 Å². The Hall–Kier alpha value is -0.860. The van der Waals surface area contributed by atoms with Crippen LogP contribution in [0.1, 0.15) is 37.0 Å². The van der Waals surface area contributed by atoms with Crippen LogP contribution in [0.15, 0.2) is 18.2 Å². The summed E-state index contributed by atoms with van der Waals surface area (Å²) in [6, 6.07) is 6.99. The maximum atomic E-state index is 11.0. The van der Waals surface area contributed by atoms with Crippen molar-refractivity contribution in [2.45, 2.75) is 52.2 Å². The predicted molar refractivity (Wildman–Crippen MR) is 80.4 cm³/mol. The van der Waals surface area contributed by atoms with Gasteiger partial charge in [0.1, 0.15) is 0 Å². The average molecular weight is 261 g/mol. The SMILES string of the molecule is Cc1ccc(C[C@]2(O)C[C@@H](C)N(C)C[C@@H]2C)c(C)c1. The zero-order valence-corrected chi connectivity index (χ0v) is 12.9. The molecule has 2 rings (SSSR count). The molecule has 19 heavy (non-hydrogen) atoms. The van der Waals surface area contributed by atoms with Gasteiger partial charge >= 0.3 is 0 Å². The molecule has 1 saturated heterocycles. The minimum atomic E-state index is -0.564. The van der Waals surface area contributed by atoms with E-state index in [4.69, 9.17) is 0 Å². The summed E-state index contributed by atoms with van der Waals surface area (Å²) in [6.45, 7) is 9.62. The molecule has 1 N–H and O–H groups in total. The van der Waals surface area contributed by atoms with Crippen molar-refractivity contribution in [1.29, 1.82) is 0 Å². The van der Waals surface area contributed by atoms with Gasteiger partial charge in [0, 0.05) is 19.0 Å². The molecule has 0 unspecified atom stereocenters. The highest BCUT2D eigenvalue weighted by molar-refractivity contribution is 5.31. The summed E-state index contributed by atoms with van der Waals surface area (Å²) in [5.74, 6) is 0.314. The van der Waals surface area contributed by atoms with Crippen molar-refractivity contribution in [2.24, 2.45) is 5.92 Å². The smallest absolute Gasteiger partial charge is 0.0740 e. The Morgan fingerprint density at radius 1 is 1.32 bits per heavy atom. The third-order valence-corrected chi connectivity index (χ3v) is 4.88. The first-order valence-electron chi connectivity index (χ1n) is 7.30. The predicted octanol–water partition coefficient (Wildman–Crippen LogP) is 2.94. The third-order valence-electron chi connectivity index (χ3n) is 4.88. The quantitative estimate of drug-likeness (QED) is 0.885. The van der Waals surface area contributed by atoms with Crippen LogP contribution in [-0.4, -0.2) is 35.2 Å². The van der Waals surface area contributed by atoms with E-state index in [2.05, 4.69) is 57.8 Å². The molecular weight excluding hydrogens is 234 g/mol. The lowest BCUT2D eigenvalue weighted by Crippen LogP contribution is -2.54. The fourth-order valence-corrected chi connectivity index (χ4v) is 3.27. The first-order chi connectivity index (χ1) is 8.82. The summed E-state index contributed by atoms with van der Waals surface area (Å²) >= 11 is 0. The topological polar surface area (TPSA) is 23.5 Å². The first-order valence-corrected chi connectivity index (χ1v) is 7.30. The molecule has 0 spiro atoms. The van der Waals surface area contributed by atoms with E-state index >= 15 is 0 Å². The Balaban J connectivity index is 2.20.